The highest BCUT2D eigenvalue weighted by atomic mass is 16.6. The predicted octanol–water partition coefficient (Wildman–Crippen LogP) is 3.09. The lowest BCUT2D eigenvalue weighted by Crippen LogP contribution is -2.60. The van der Waals surface area contributed by atoms with Gasteiger partial charge in [-0.05, 0) is 24.3 Å². The number of fused-ring (bicyclic) bond motifs is 1. The number of hydrogen-bond acceptors (Lipinski definition) is 3. The fourth-order valence-corrected chi connectivity index (χ4v) is 3.65. The molecule has 6 nitrogen and oxygen atoms in total. The number of hydrogen-bond donors (Lipinski definition) is 1. The Kier molecular flexibility index (Phi) is 6.01. The van der Waals surface area contributed by atoms with E-state index in [1.54, 1.807) is 4.90 Å². The van der Waals surface area contributed by atoms with Gasteiger partial charge in [0.05, 0.1) is 12.6 Å². The molecule has 1 aromatic rings. The molecule has 2 fully saturated rings. The van der Waals surface area contributed by atoms with Crippen LogP contribution < -0.4 is 5.32 Å². The maximum absolute atomic E-state index is 12.5. The molecule has 0 unspecified atom stereocenters. The molecular formula is C20H29N3O3. The molecule has 1 aromatic carbocycles. The van der Waals surface area contributed by atoms with E-state index < -0.39 is 0 Å². The smallest absolute Gasteiger partial charge is 0.410 e. The molecule has 0 radical (unpaired) electrons. The third-order valence-corrected chi connectivity index (χ3v) is 5.26. The average molecular weight is 359 g/mol. The molecule has 3 amide bonds. The first kappa shape index (κ1) is 18.5. The number of carbonyl (C=O) groups is 2. The lowest BCUT2D eigenvalue weighted by Gasteiger charge is -2.46. The third kappa shape index (κ3) is 4.48. The van der Waals surface area contributed by atoms with E-state index in [4.69, 9.17) is 4.74 Å². The van der Waals surface area contributed by atoms with Crippen molar-refractivity contribution in [2.24, 2.45) is 11.8 Å². The summed E-state index contributed by atoms with van der Waals surface area (Å²) >= 11 is 0. The number of ether oxygens (including phenoxy) is 1. The van der Waals surface area contributed by atoms with Crippen LogP contribution in [0.3, 0.4) is 0 Å². The van der Waals surface area contributed by atoms with E-state index in [-0.39, 0.29) is 24.1 Å². The lowest BCUT2D eigenvalue weighted by atomic mass is 9.90. The second kappa shape index (κ2) is 8.43. The Hall–Kier alpha value is -2.24. The minimum Gasteiger partial charge on any atom is -0.449 e. The molecule has 6 heteroatoms. The van der Waals surface area contributed by atoms with Crippen molar-refractivity contribution in [1.82, 2.24) is 15.1 Å². The van der Waals surface area contributed by atoms with Crippen LogP contribution in [0.4, 0.5) is 9.59 Å². The van der Waals surface area contributed by atoms with Gasteiger partial charge in [0.2, 0.25) is 0 Å². The van der Waals surface area contributed by atoms with Gasteiger partial charge in [0, 0.05) is 32.1 Å². The van der Waals surface area contributed by atoms with Gasteiger partial charge in [-0.2, -0.15) is 0 Å². The summed E-state index contributed by atoms with van der Waals surface area (Å²) in [5.74, 6) is 0.853. The monoisotopic (exact) mass is 359 g/mol. The summed E-state index contributed by atoms with van der Waals surface area (Å²) in [7, 11) is 0. The lowest BCUT2D eigenvalue weighted by molar-refractivity contribution is -0.0241. The standard InChI is InChI=1S/C20H29N3O3/c1-15(2)8-10-21-19(24)22-11-9-17-14-26-20(25)23(18(17)13-22)12-16-6-4-3-5-7-16/h3-7,15,17-18H,8-14H2,1-2H3,(H,21,24)/t17-,18-/m1/s1. The largest absolute Gasteiger partial charge is 0.449 e. The van der Waals surface area contributed by atoms with Crippen molar-refractivity contribution < 1.29 is 14.3 Å². The molecule has 26 heavy (non-hydrogen) atoms. The molecule has 2 saturated heterocycles. The van der Waals surface area contributed by atoms with Gasteiger partial charge in [-0.25, -0.2) is 9.59 Å². The van der Waals surface area contributed by atoms with Crippen LogP contribution >= 0.6 is 0 Å². The molecule has 2 aliphatic rings. The molecular weight excluding hydrogens is 330 g/mol. The summed E-state index contributed by atoms with van der Waals surface area (Å²) in [5, 5.41) is 3.01. The predicted molar refractivity (Wildman–Crippen MR) is 99.7 cm³/mol. The first-order valence-electron chi connectivity index (χ1n) is 9.54. The van der Waals surface area contributed by atoms with Crippen LogP contribution in [0.15, 0.2) is 30.3 Å². The molecule has 0 spiro atoms. The van der Waals surface area contributed by atoms with Crippen LogP contribution in [0.2, 0.25) is 0 Å². The number of nitrogens with one attached hydrogen (secondary N) is 1. The van der Waals surface area contributed by atoms with Gasteiger partial charge in [0.1, 0.15) is 0 Å². The number of benzene rings is 1. The Morgan fingerprint density at radius 3 is 2.81 bits per heavy atom. The Morgan fingerprint density at radius 1 is 1.31 bits per heavy atom. The van der Waals surface area contributed by atoms with Crippen molar-refractivity contribution in [1.29, 1.82) is 0 Å². The second-order valence-corrected chi connectivity index (χ2v) is 7.67. The molecule has 142 valence electrons. The SMILES string of the molecule is CC(C)CCNC(=O)N1CC[C@@H]2COC(=O)N(Cc3ccccc3)[C@@H]2C1. The third-order valence-electron chi connectivity index (χ3n) is 5.26. The summed E-state index contributed by atoms with van der Waals surface area (Å²) < 4.78 is 5.39. The van der Waals surface area contributed by atoms with Crippen molar-refractivity contribution in [3.05, 3.63) is 35.9 Å². The Labute approximate surface area is 155 Å². The van der Waals surface area contributed by atoms with Crippen LogP contribution in [0.1, 0.15) is 32.3 Å². The number of cyclic esters (lactones) is 1. The number of nitrogens with zero attached hydrogens (tertiary/aromatic N) is 2. The zero-order valence-electron chi connectivity index (χ0n) is 15.7. The van der Waals surface area contributed by atoms with E-state index in [1.165, 1.54) is 0 Å². The van der Waals surface area contributed by atoms with Gasteiger partial charge >= 0.3 is 12.1 Å². The molecule has 2 heterocycles. The quantitative estimate of drug-likeness (QED) is 0.879. The summed E-state index contributed by atoms with van der Waals surface area (Å²) in [6, 6.07) is 9.91. The fraction of sp³-hybridized carbons (Fsp3) is 0.600. The van der Waals surface area contributed by atoms with E-state index >= 15 is 0 Å². The van der Waals surface area contributed by atoms with Crippen molar-refractivity contribution in [2.45, 2.75) is 39.3 Å². The Bertz CT molecular complexity index is 620. The van der Waals surface area contributed by atoms with Gasteiger partial charge in [0.25, 0.3) is 0 Å². The molecule has 0 aliphatic carbocycles. The molecule has 2 atom stereocenters. The fourth-order valence-electron chi connectivity index (χ4n) is 3.65. The molecule has 1 N–H and O–H groups in total. The first-order valence-corrected chi connectivity index (χ1v) is 9.54. The molecule has 3 rings (SSSR count). The van der Waals surface area contributed by atoms with Gasteiger partial charge in [0.15, 0.2) is 0 Å². The van der Waals surface area contributed by atoms with Crippen LogP contribution in [0, 0.1) is 11.8 Å². The Balaban J connectivity index is 1.64. The number of rotatable bonds is 5. The van der Waals surface area contributed by atoms with E-state index in [0.717, 1.165) is 18.4 Å². The van der Waals surface area contributed by atoms with Gasteiger partial charge < -0.3 is 15.0 Å². The van der Waals surface area contributed by atoms with Crippen molar-refractivity contribution in [3.63, 3.8) is 0 Å². The van der Waals surface area contributed by atoms with Gasteiger partial charge in [-0.15, -0.1) is 0 Å². The minimum atomic E-state index is -0.280. The van der Waals surface area contributed by atoms with Crippen LogP contribution in [-0.2, 0) is 11.3 Å². The Morgan fingerprint density at radius 2 is 2.08 bits per heavy atom. The molecule has 2 aliphatic heterocycles. The zero-order valence-corrected chi connectivity index (χ0v) is 15.7. The molecule has 0 saturated carbocycles. The van der Waals surface area contributed by atoms with Crippen LogP contribution in [0.25, 0.3) is 0 Å². The van der Waals surface area contributed by atoms with E-state index in [2.05, 4.69) is 19.2 Å². The number of piperidine rings is 1. The second-order valence-electron chi connectivity index (χ2n) is 7.67. The number of amides is 3. The van der Waals surface area contributed by atoms with Crippen molar-refractivity contribution in [2.75, 3.05) is 26.2 Å². The topological polar surface area (TPSA) is 61.9 Å². The first-order chi connectivity index (χ1) is 12.5. The molecule has 0 aromatic heterocycles. The van der Waals surface area contributed by atoms with E-state index in [1.807, 2.05) is 35.2 Å². The van der Waals surface area contributed by atoms with Crippen molar-refractivity contribution in [3.8, 4) is 0 Å². The summed E-state index contributed by atoms with van der Waals surface area (Å²) in [4.78, 5) is 28.5. The van der Waals surface area contributed by atoms with Gasteiger partial charge in [-0.3, -0.25) is 4.90 Å². The minimum absolute atomic E-state index is 0.0149. The highest BCUT2D eigenvalue weighted by Gasteiger charge is 2.41. The van der Waals surface area contributed by atoms with Crippen molar-refractivity contribution >= 4 is 12.1 Å². The summed E-state index contributed by atoms with van der Waals surface area (Å²) in [6.45, 7) is 7.24. The van der Waals surface area contributed by atoms with Gasteiger partial charge in [-0.1, -0.05) is 44.2 Å². The number of likely N-dealkylation sites (tertiary alicyclic amines) is 1. The van der Waals surface area contributed by atoms with E-state index in [0.29, 0.717) is 38.7 Å². The van der Waals surface area contributed by atoms with Crippen LogP contribution in [-0.4, -0.2) is 54.2 Å². The van der Waals surface area contributed by atoms with Crippen LogP contribution in [0.5, 0.6) is 0 Å². The van der Waals surface area contributed by atoms with E-state index in [9.17, 15) is 9.59 Å². The number of carbonyl (C=O) groups excluding carboxylic acids is 2. The average Bonchev–Trinajstić information content (AvgIpc) is 2.64. The zero-order chi connectivity index (χ0) is 18.5. The maximum atomic E-state index is 12.5. The number of urea groups is 1. The normalized spacial score (nSPS) is 22.8. The molecule has 0 bridgehead atoms. The summed E-state index contributed by atoms with van der Waals surface area (Å²) in [6.07, 6.45) is 1.55. The summed E-state index contributed by atoms with van der Waals surface area (Å²) in [5.41, 5.74) is 1.07. The highest BCUT2D eigenvalue weighted by Crippen LogP contribution is 2.29. The highest BCUT2D eigenvalue weighted by molar-refractivity contribution is 5.75. The maximum Gasteiger partial charge on any atom is 0.410 e.